The quantitative estimate of drug-likeness (QED) is 0.838. The predicted molar refractivity (Wildman–Crippen MR) is 62.6 cm³/mol. The zero-order chi connectivity index (χ0) is 12.4. The smallest absolute Gasteiger partial charge is 0.340 e. The molecule has 0 aliphatic carbocycles. The van der Waals surface area contributed by atoms with E-state index in [1.54, 1.807) is 6.92 Å². The second-order valence-electron chi connectivity index (χ2n) is 3.42. The van der Waals surface area contributed by atoms with Crippen LogP contribution in [0.1, 0.15) is 6.92 Å². The second-order valence-corrected chi connectivity index (χ2v) is 3.92. The molecule has 90 valence electrons. The third-order valence-corrected chi connectivity index (χ3v) is 2.40. The standard InChI is InChI=1S/C9H9FN4O2S/c1-5(2)3-16-8-6-7(11-4-12-8)14(17-10)9(15)13-6/h4H,1,3H2,2H3,(H,13,15). The average Bonchev–Trinajstić information content (AvgIpc) is 2.62. The Morgan fingerprint density at radius 3 is 3.12 bits per heavy atom. The van der Waals surface area contributed by atoms with E-state index in [2.05, 4.69) is 21.5 Å². The lowest BCUT2D eigenvalue weighted by molar-refractivity contribution is 0.342. The molecule has 0 atom stereocenters. The lowest BCUT2D eigenvalue weighted by Crippen LogP contribution is -2.09. The molecular weight excluding hydrogens is 247 g/mol. The minimum absolute atomic E-state index is 0.147. The fourth-order valence-electron chi connectivity index (χ4n) is 1.24. The van der Waals surface area contributed by atoms with Gasteiger partial charge in [0.25, 0.3) is 0 Å². The Morgan fingerprint density at radius 1 is 1.71 bits per heavy atom. The Labute approximate surface area is 100.0 Å². The molecule has 6 nitrogen and oxygen atoms in total. The fourth-order valence-corrected chi connectivity index (χ4v) is 1.56. The van der Waals surface area contributed by atoms with E-state index < -0.39 is 5.69 Å². The molecule has 0 bridgehead atoms. The van der Waals surface area contributed by atoms with Crippen LogP contribution in [0.25, 0.3) is 11.2 Å². The summed E-state index contributed by atoms with van der Waals surface area (Å²) in [7, 11) is 0. The maximum Gasteiger partial charge on any atom is 0.340 e. The van der Waals surface area contributed by atoms with Gasteiger partial charge in [0.05, 0.1) is 0 Å². The first-order valence-electron chi connectivity index (χ1n) is 4.65. The molecule has 2 heterocycles. The highest BCUT2D eigenvalue weighted by Crippen LogP contribution is 2.20. The van der Waals surface area contributed by atoms with Crippen molar-refractivity contribution in [2.24, 2.45) is 0 Å². The molecule has 0 saturated heterocycles. The number of rotatable bonds is 4. The third-order valence-electron chi connectivity index (χ3n) is 1.93. The highest BCUT2D eigenvalue weighted by molar-refractivity contribution is 7.92. The maximum atomic E-state index is 12.5. The first kappa shape index (κ1) is 11.6. The van der Waals surface area contributed by atoms with Gasteiger partial charge in [-0.2, -0.15) is 8.96 Å². The number of fused-ring (bicyclic) bond motifs is 1. The first-order chi connectivity index (χ1) is 8.13. The van der Waals surface area contributed by atoms with Gasteiger partial charge >= 0.3 is 5.69 Å². The van der Waals surface area contributed by atoms with Crippen molar-refractivity contribution in [1.82, 2.24) is 18.9 Å². The molecule has 0 fully saturated rings. The average molecular weight is 256 g/mol. The number of aromatic amines is 1. The van der Waals surface area contributed by atoms with E-state index in [1.807, 2.05) is 0 Å². The summed E-state index contributed by atoms with van der Waals surface area (Å²) in [6, 6.07) is 0. The van der Waals surface area contributed by atoms with Gasteiger partial charge in [-0.15, -0.1) is 3.89 Å². The molecule has 2 rings (SSSR count). The van der Waals surface area contributed by atoms with E-state index in [9.17, 15) is 8.68 Å². The number of aromatic nitrogens is 4. The van der Waals surface area contributed by atoms with E-state index in [0.29, 0.717) is 0 Å². The van der Waals surface area contributed by atoms with Gasteiger partial charge in [0.2, 0.25) is 5.88 Å². The van der Waals surface area contributed by atoms with Crippen LogP contribution in [0.3, 0.4) is 0 Å². The van der Waals surface area contributed by atoms with Gasteiger partial charge in [-0.3, -0.25) is 4.98 Å². The highest BCUT2D eigenvalue weighted by Gasteiger charge is 2.14. The minimum atomic E-state index is -0.617. The Morgan fingerprint density at radius 2 is 2.47 bits per heavy atom. The van der Waals surface area contributed by atoms with Crippen LogP contribution in [-0.4, -0.2) is 25.5 Å². The molecule has 17 heavy (non-hydrogen) atoms. The number of nitrogens with one attached hydrogen (secondary N) is 1. The number of hydrogen-bond acceptors (Lipinski definition) is 5. The molecule has 0 aliphatic heterocycles. The van der Waals surface area contributed by atoms with Gasteiger partial charge in [0.15, 0.2) is 23.5 Å². The number of halogens is 1. The summed E-state index contributed by atoms with van der Waals surface area (Å²) in [4.78, 5) is 21.5. The normalized spacial score (nSPS) is 10.7. The molecular formula is C9H9FN4O2S. The van der Waals surface area contributed by atoms with E-state index in [0.717, 1.165) is 9.55 Å². The van der Waals surface area contributed by atoms with E-state index in [-0.39, 0.29) is 36.0 Å². The van der Waals surface area contributed by atoms with Crippen LogP contribution in [0, 0.1) is 0 Å². The molecule has 0 unspecified atom stereocenters. The van der Waals surface area contributed by atoms with Gasteiger partial charge in [0.1, 0.15) is 12.9 Å². The van der Waals surface area contributed by atoms with Gasteiger partial charge in [-0.1, -0.05) is 6.58 Å². The van der Waals surface area contributed by atoms with Crippen molar-refractivity contribution in [3.63, 3.8) is 0 Å². The van der Waals surface area contributed by atoms with Crippen molar-refractivity contribution in [2.45, 2.75) is 6.92 Å². The van der Waals surface area contributed by atoms with Crippen molar-refractivity contribution < 1.29 is 8.62 Å². The lowest BCUT2D eigenvalue weighted by atomic mass is 10.4. The van der Waals surface area contributed by atoms with Crippen LogP contribution in [0.4, 0.5) is 3.89 Å². The molecule has 0 spiro atoms. The zero-order valence-corrected chi connectivity index (χ0v) is 9.75. The second kappa shape index (κ2) is 4.58. The predicted octanol–water partition coefficient (Wildman–Crippen LogP) is 1.46. The van der Waals surface area contributed by atoms with Crippen LogP contribution in [0.2, 0.25) is 0 Å². The van der Waals surface area contributed by atoms with E-state index in [1.165, 1.54) is 6.33 Å². The van der Waals surface area contributed by atoms with E-state index >= 15 is 0 Å². The number of nitrogens with zero attached hydrogens (tertiary/aromatic N) is 3. The molecule has 0 radical (unpaired) electrons. The summed E-state index contributed by atoms with van der Waals surface area (Å²) >= 11 is -0.226. The van der Waals surface area contributed by atoms with Crippen molar-refractivity contribution in [1.29, 1.82) is 0 Å². The van der Waals surface area contributed by atoms with Gasteiger partial charge in [-0.05, 0) is 12.5 Å². The van der Waals surface area contributed by atoms with Crippen molar-refractivity contribution in [2.75, 3.05) is 6.61 Å². The molecule has 0 saturated carbocycles. The minimum Gasteiger partial charge on any atom is -0.472 e. The summed E-state index contributed by atoms with van der Waals surface area (Å²) in [6.07, 6.45) is 1.20. The van der Waals surface area contributed by atoms with Crippen molar-refractivity contribution in [3.8, 4) is 5.88 Å². The summed E-state index contributed by atoms with van der Waals surface area (Å²) in [5.74, 6) is 0.197. The molecule has 0 aliphatic rings. The zero-order valence-electron chi connectivity index (χ0n) is 8.94. The molecule has 2 aromatic heterocycles. The lowest BCUT2D eigenvalue weighted by Gasteiger charge is -2.04. The monoisotopic (exact) mass is 256 g/mol. The van der Waals surface area contributed by atoms with Gasteiger partial charge < -0.3 is 4.74 Å². The number of hydrogen-bond donors (Lipinski definition) is 1. The van der Waals surface area contributed by atoms with Crippen LogP contribution in [-0.2, 0) is 0 Å². The van der Waals surface area contributed by atoms with Crippen LogP contribution in [0.15, 0.2) is 23.3 Å². The number of imidazole rings is 1. The summed E-state index contributed by atoms with van der Waals surface area (Å²) < 4.78 is 18.6. The molecule has 2 aromatic rings. The van der Waals surface area contributed by atoms with Crippen molar-refractivity contribution >= 4 is 23.5 Å². The van der Waals surface area contributed by atoms with Crippen LogP contribution >= 0.6 is 12.3 Å². The summed E-state index contributed by atoms with van der Waals surface area (Å²) in [6.45, 7) is 5.74. The highest BCUT2D eigenvalue weighted by atomic mass is 32.2. The van der Waals surface area contributed by atoms with Crippen LogP contribution < -0.4 is 10.4 Å². The molecule has 0 amide bonds. The van der Waals surface area contributed by atoms with Crippen LogP contribution in [0.5, 0.6) is 5.88 Å². The Kier molecular flexibility index (Phi) is 3.14. The fraction of sp³-hybridized carbons (Fsp3) is 0.222. The third kappa shape index (κ3) is 2.16. The van der Waals surface area contributed by atoms with E-state index in [4.69, 9.17) is 4.74 Å². The largest absolute Gasteiger partial charge is 0.472 e. The van der Waals surface area contributed by atoms with Gasteiger partial charge in [0, 0.05) is 0 Å². The molecule has 8 heteroatoms. The first-order valence-corrected chi connectivity index (χ1v) is 5.33. The Hall–Kier alpha value is -1.83. The SMILES string of the molecule is C=C(C)COc1ncnc2c1[nH]c(=O)n2SF. The van der Waals surface area contributed by atoms with Gasteiger partial charge in [-0.25, -0.2) is 9.78 Å². The number of ether oxygens (including phenoxy) is 1. The summed E-state index contributed by atoms with van der Waals surface area (Å²) in [5.41, 5.74) is 0.602. The number of H-pyrrole nitrogens is 1. The Balaban J connectivity index is 2.51. The van der Waals surface area contributed by atoms with Crippen molar-refractivity contribution in [3.05, 3.63) is 29.0 Å². The summed E-state index contributed by atoms with van der Waals surface area (Å²) in [5, 5.41) is 0. The topological polar surface area (TPSA) is 72.8 Å². The molecule has 0 aromatic carbocycles. The maximum absolute atomic E-state index is 12.5. The molecule has 1 N–H and O–H groups in total. The Bertz CT molecular complexity index is 621.